The number of carbonyl (C=O) groups excluding carboxylic acids is 2. The first-order valence-electron chi connectivity index (χ1n) is 6.75. The summed E-state index contributed by atoms with van der Waals surface area (Å²) in [6.07, 6.45) is 0.250. The van der Waals surface area contributed by atoms with Crippen LogP contribution in [0.4, 0.5) is 0 Å². The molecule has 124 valence electrons. The zero-order valence-corrected chi connectivity index (χ0v) is 13.4. The van der Waals surface area contributed by atoms with E-state index in [0.29, 0.717) is 11.5 Å². The molecule has 0 spiro atoms. The first-order valence-corrected chi connectivity index (χ1v) is 8.95. The Morgan fingerprint density at radius 2 is 2.00 bits per heavy atom. The molecule has 2 aliphatic heterocycles. The second-order valence-corrected chi connectivity index (χ2v) is 7.87. The van der Waals surface area contributed by atoms with Gasteiger partial charge in [0.1, 0.15) is 0 Å². The van der Waals surface area contributed by atoms with Gasteiger partial charge in [-0.2, -0.15) is 0 Å². The van der Waals surface area contributed by atoms with Crippen LogP contribution < -0.4 is 20.3 Å². The highest BCUT2D eigenvalue weighted by atomic mass is 35.5. The molecule has 1 atom stereocenters. The van der Waals surface area contributed by atoms with Crippen molar-refractivity contribution in [2.45, 2.75) is 6.42 Å². The molecule has 0 aliphatic carbocycles. The Bertz CT molecular complexity index is 779. The van der Waals surface area contributed by atoms with E-state index in [-0.39, 0.29) is 35.3 Å². The minimum atomic E-state index is -3.17. The SMILES string of the molecule is O=C(NNC(=O)[C@H]1CCS(=O)(=O)C1)c1cc(Cl)c2c(c1)OCO2. The third-order valence-electron chi connectivity index (χ3n) is 3.59. The molecule has 1 saturated heterocycles. The van der Waals surface area contributed by atoms with Crippen LogP contribution in [0, 0.1) is 5.92 Å². The maximum absolute atomic E-state index is 12.0. The molecule has 0 bridgehead atoms. The first kappa shape index (κ1) is 15.9. The summed E-state index contributed by atoms with van der Waals surface area (Å²) < 4.78 is 33.0. The van der Waals surface area contributed by atoms with Gasteiger partial charge in [0.05, 0.1) is 22.4 Å². The highest BCUT2D eigenvalue weighted by Gasteiger charge is 2.33. The van der Waals surface area contributed by atoms with Gasteiger partial charge in [0.15, 0.2) is 21.3 Å². The van der Waals surface area contributed by atoms with E-state index >= 15 is 0 Å². The number of hydrogen-bond donors (Lipinski definition) is 2. The lowest BCUT2D eigenvalue weighted by atomic mass is 10.1. The largest absolute Gasteiger partial charge is 0.454 e. The van der Waals surface area contributed by atoms with Gasteiger partial charge >= 0.3 is 0 Å². The molecule has 0 saturated carbocycles. The molecule has 10 heteroatoms. The predicted octanol–water partition coefficient (Wildman–Crippen LogP) is 0.264. The van der Waals surface area contributed by atoms with Gasteiger partial charge in [0.25, 0.3) is 5.91 Å². The van der Waals surface area contributed by atoms with Crippen molar-refractivity contribution in [3.63, 3.8) is 0 Å². The summed E-state index contributed by atoms with van der Waals surface area (Å²) in [6, 6.07) is 2.83. The van der Waals surface area contributed by atoms with Crippen LogP contribution in [0.1, 0.15) is 16.8 Å². The van der Waals surface area contributed by atoms with Gasteiger partial charge in [-0.3, -0.25) is 20.4 Å². The average molecular weight is 361 g/mol. The van der Waals surface area contributed by atoms with Crippen molar-refractivity contribution in [3.05, 3.63) is 22.7 Å². The number of ether oxygens (including phenoxy) is 2. The molecule has 0 aromatic heterocycles. The second kappa shape index (κ2) is 5.89. The lowest BCUT2D eigenvalue weighted by Gasteiger charge is -2.11. The zero-order valence-electron chi connectivity index (χ0n) is 11.8. The normalized spacial score (nSPS) is 21.0. The molecule has 2 N–H and O–H groups in total. The summed E-state index contributed by atoms with van der Waals surface area (Å²) in [7, 11) is -3.17. The van der Waals surface area contributed by atoms with Crippen molar-refractivity contribution in [2.24, 2.45) is 5.92 Å². The standard InChI is InChI=1S/C13H13ClN2O6S/c14-9-3-8(4-10-11(9)22-6-21-10)13(18)16-15-12(17)7-1-2-23(19,20)5-7/h3-4,7H,1-2,5-6H2,(H,15,17)(H,16,18)/t7-/m0/s1. The Hall–Kier alpha value is -2.00. The first-order chi connectivity index (χ1) is 10.9. The molecule has 2 heterocycles. The van der Waals surface area contributed by atoms with Crippen molar-refractivity contribution >= 4 is 33.3 Å². The molecule has 0 radical (unpaired) electrons. The monoisotopic (exact) mass is 360 g/mol. The van der Waals surface area contributed by atoms with Gasteiger partial charge in [-0.25, -0.2) is 8.42 Å². The summed E-state index contributed by atoms with van der Waals surface area (Å²) >= 11 is 5.98. The van der Waals surface area contributed by atoms with Crippen LogP contribution in [0.5, 0.6) is 11.5 Å². The van der Waals surface area contributed by atoms with Gasteiger partial charge < -0.3 is 9.47 Å². The molecule has 2 aliphatic rings. The molecular formula is C13H13ClN2O6S. The molecule has 23 heavy (non-hydrogen) atoms. The van der Waals surface area contributed by atoms with E-state index in [0.717, 1.165) is 0 Å². The van der Waals surface area contributed by atoms with Gasteiger partial charge in [0.2, 0.25) is 12.7 Å². The lowest BCUT2D eigenvalue weighted by Crippen LogP contribution is -2.44. The highest BCUT2D eigenvalue weighted by molar-refractivity contribution is 7.91. The fraction of sp³-hybridized carbons (Fsp3) is 0.385. The van der Waals surface area contributed by atoms with E-state index in [2.05, 4.69) is 10.9 Å². The number of hydrogen-bond acceptors (Lipinski definition) is 6. The minimum Gasteiger partial charge on any atom is -0.454 e. The summed E-state index contributed by atoms with van der Waals surface area (Å²) in [5.41, 5.74) is 4.64. The van der Waals surface area contributed by atoms with E-state index in [4.69, 9.17) is 21.1 Å². The molecule has 0 unspecified atom stereocenters. The molecule has 1 aromatic rings. The van der Waals surface area contributed by atoms with Crippen LogP contribution >= 0.6 is 11.6 Å². The van der Waals surface area contributed by atoms with Gasteiger partial charge in [0, 0.05) is 5.56 Å². The molecule has 3 rings (SSSR count). The molecule has 1 aromatic carbocycles. The highest BCUT2D eigenvalue weighted by Crippen LogP contribution is 2.39. The van der Waals surface area contributed by atoms with E-state index < -0.39 is 27.6 Å². The van der Waals surface area contributed by atoms with Crippen molar-refractivity contribution in [3.8, 4) is 11.5 Å². The van der Waals surface area contributed by atoms with Gasteiger partial charge in [-0.15, -0.1) is 0 Å². The maximum atomic E-state index is 12.0. The topological polar surface area (TPSA) is 111 Å². The Morgan fingerprint density at radius 1 is 1.22 bits per heavy atom. The van der Waals surface area contributed by atoms with Crippen molar-refractivity contribution in [1.82, 2.24) is 10.9 Å². The van der Waals surface area contributed by atoms with Crippen LogP contribution in [-0.4, -0.2) is 38.5 Å². The molecule has 8 nitrogen and oxygen atoms in total. The van der Waals surface area contributed by atoms with Gasteiger partial charge in [-0.1, -0.05) is 11.6 Å². The van der Waals surface area contributed by atoms with Crippen LogP contribution in [0.15, 0.2) is 12.1 Å². The van der Waals surface area contributed by atoms with Crippen LogP contribution in [-0.2, 0) is 14.6 Å². The zero-order chi connectivity index (χ0) is 16.6. The number of amides is 2. The van der Waals surface area contributed by atoms with Crippen LogP contribution in [0.25, 0.3) is 0 Å². The predicted molar refractivity (Wildman–Crippen MR) is 79.9 cm³/mol. The fourth-order valence-corrected chi connectivity index (χ4v) is 4.40. The number of halogens is 1. The number of sulfone groups is 1. The number of nitrogens with one attached hydrogen (secondary N) is 2. The Labute approximate surface area is 137 Å². The van der Waals surface area contributed by atoms with Crippen molar-refractivity contribution < 1.29 is 27.5 Å². The van der Waals surface area contributed by atoms with Crippen LogP contribution in [0.3, 0.4) is 0 Å². The number of rotatable bonds is 2. The van der Waals surface area contributed by atoms with E-state index in [1.165, 1.54) is 12.1 Å². The van der Waals surface area contributed by atoms with Crippen molar-refractivity contribution in [2.75, 3.05) is 18.3 Å². The summed E-state index contributed by atoms with van der Waals surface area (Å²) in [5.74, 6) is -1.30. The van der Waals surface area contributed by atoms with Gasteiger partial charge in [-0.05, 0) is 18.6 Å². The van der Waals surface area contributed by atoms with E-state index in [1.807, 2.05) is 0 Å². The Morgan fingerprint density at radius 3 is 2.70 bits per heavy atom. The Kier molecular flexibility index (Phi) is 4.07. The average Bonchev–Trinajstić information content (AvgIpc) is 3.10. The third kappa shape index (κ3) is 3.35. The van der Waals surface area contributed by atoms with Crippen molar-refractivity contribution in [1.29, 1.82) is 0 Å². The van der Waals surface area contributed by atoms with E-state index in [9.17, 15) is 18.0 Å². The number of fused-ring (bicyclic) bond motifs is 1. The maximum Gasteiger partial charge on any atom is 0.269 e. The van der Waals surface area contributed by atoms with E-state index in [1.54, 1.807) is 0 Å². The number of benzene rings is 1. The Balaban J connectivity index is 1.62. The minimum absolute atomic E-state index is 0.0171. The molecule has 2 amide bonds. The summed E-state index contributed by atoms with van der Waals surface area (Å²) in [4.78, 5) is 23.9. The second-order valence-electron chi connectivity index (χ2n) is 5.24. The fourth-order valence-electron chi connectivity index (χ4n) is 2.39. The smallest absolute Gasteiger partial charge is 0.269 e. The third-order valence-corrected chi connectivity index (χ3v) is 5.64. The molecule has 1 fully saturated rings. The van der Waals surface area contributed by atoms with Crippen LogP contribution in [0.2, 0.25) is 5.02 Å². The molecular weight excluding hydrogens is 348 g/mol. The number of carbonyl (C=O) groups is 2. The summed E-state index contributed by atoms with van der Waals surface area (Å²) in [6.45, 7) is 0.0208. The lowest BCUT2D eigenvalue weighted by molar-refractivity contribution is -0.125. The summed E-state index contributed by atoms with van der Waals surface area (Å²) in [5, 5.41) is 0.221. The number of hydrazine groups is 1. The quantitative estimate of drug-likeness (QED) is 0.732.